The molecule has 1 saturated heterocycles. The molecule has 1 aromatic rings. The topological polar surface area (TPSA) is 58.4 Å². The Bertz CT molecular complexity index is 493. The summed E-state index contributed by atoms with van der Waals surface area (Å²) < 4.78 is 2.11. The minimum Gasteiger partial charge on any atom is -0.481 e. The predicted molar refractivity (Wildman–Crippen MR) is 75.4 cm³/mol. The molecule has 0 amide bonds. The fourth-order valence-corrected chi connectivity index (χ4v) is 3.43. The fraction of sp³-hybridized carbons (Fsp3) is 0.733. The van der Waals surface area contributed by atoms with E-state index in [-0.39, 0.29) is 0 Å². The van der Waals surface area contributed by atoms with Gasteiger partial charge in [-0.05, 0) is 38.8 Å². The zero-order chi connectivity index (χ0) is 14.2. The van der Waals surface area contributed by atoms with E-state index in [1.165, 1.54) is 25.7 Å². The molecule has 0 spiro atoms. The van der Waals surface area contributed by atoms with Crippen LogP contribution in [-0.4, -0.2) is 38.8 Å². The SMILES string of the molecule is CC1(C(=O)O)CCN(Cc2ccn(C3CCCC3)n2)C1. The highest BCUT2D eigenvalue weighted by atomic mass is 16.4. The third kappa shape index (κ3) is 2.59. The standard InChI is InChI=1S/C15H23N3O2/c1-15(14(19)20)7-9-17(11-15)10-12-6-8-18(16-12)13-4-2-3-5-13/h6,8,13H,2-5,7,9-11H2,1H3,(H,19,20). The monoisotopic (exact) mass is 277 g/mol. The van der Waals surface area contributed by atoms with E-state index in [0.717, 1.165) is 25.2 Å². The third-order valence-corrected chi connectivity index (χ3v) is 4.82. The van der Waals surface area contributed by atoms with Crippen molar-refractivity contribution in [3.63, 3.8) is 0 Å². The van der Waals surface area contributed by atoms with Crippen molar-refractivity contribution in [2.45, 2.75) is 51.6 Å². The van der Waals surface area contributed by atoms with Crippen molar-refractivity contribution in [3.8, 4) is 0 Å². The molecule has 1 atom stereocenters. The highest BCUT2D eigenvalue weighted by Crippen LogP contribution is 2.31. The molecule has 5 heteroatoms. The van der Waals surface area contributed by atoms with Crippen LogP contribution in [-0.2, 0) is 11.3 Å². The average molecular weight is 277 g/mol. The summed E-state index contributed by atoms with van der Waals surface area (Å²) in [6.45, 7) is 4.08. The van der Waals surface area contributed by atoms with Crippen molar-refractivity contribution >= 4 is 5.97 Å². The van der Waals surface area contributed by atoms with Crippen LogP contribution in [0.5, 0.6) is 0 Å². The summed E-state index contributed by atoms with van der Waals surface area (Å²) in [5.41, 5.74) is 0.472. The second-order valence-corrected chi connectivity index (χ2v) is 6.55. The molecule has 5 nitrogen and oxygen atoms in total. The van der Waals surface area contributed by atoms with Crippen LogP contribution >= 0.6 is 0 Å². The Morgan fingerprint density at radius 3 is 2.90 bits per heavy atom. The van der Waals surface area contributed by atoms with Crippen molar-refractivity contribution in [2.24, 2.45) is 5.41 Å². The van der Waals surface area contributed by atoms with Crippen LogP contribution < -0.4 is 0 Å². The molecule has 2 fully saturated rings. The first-order valence-electron chi connectivity index (χ1n) is 7.57. The zero-order valence-electron chi connectivity index (χ0n) is 12.1. The lowest BCUT2D eigenvalue weighted by molar-refractivity contribution is -0.147. The first-order valence-corrected chi connectivity index (χ1v) is 7.57. The first kappa shape index (κ1) is 13.6. The summed E-state index contributed by atoms with van der Waals surface area (Å²) in [4.78, 5) is 13.5. The van der Waals surface area contributed by atoms with Gasteiger partial charge < -0.3 is 5.11 Å². The summed E-state index contributed by atoms with van der Waals surface area (Å²) in [6, 6.07) is 2.65. The minimum atomic E-state index is -0.684. The molecule has 0 radical (unpaired) electrons. The van der Waals surface area contributed by atoms with Crippen LogP contribution in [0, 0.1) is 5.41 Å². The Labute approximate surface area is 119 Å². The zero-order valence-corrected chi connectivity index (χ0v) is 12.1. The first-order chi connectivity index (χ1) is 9.57. The van der Waals surface area contributed by atoms with Gasteiger partial charge in [-0.2, -0.15) is 5.10 Å². The van der Waals surface area contributed by atoms with Gasteiger partial charge in [0.2, 0.25) is 0 Å². The molecule has 2 heterocycles. The number of likely N-dealkylation sites (tertiary alicyclic amines) is 1. The number of hydrogen-bond donors (Lipinski definition) is 1. The molecule has 1 aliphatic heterocycles. The third-order valence-electron chi connectivity index (χ3n) is 4.82. The lowest BCUT2D eigenvalue weighted by atomic mass is 9.90. The molecule has 0 aromatic carbocycles. The van der Waals surface area contributed by atoms with Gasteiger partial charge in [0.15, 0.2) is 0 Å². The second-order valence-electron chi connectivity index (χ2n) is 6.55. The number of hydrogen-bond acceptors (Lipinski definition) is 3. The average Bonchev–Trinajstić information content (AvgIpc) is 3.10. The Balaban J connectivity index is 1.60. The van der Waals surface area contributed by atoms with Crippen LogP contribution in [0.4, 0.5) is 0 Å². The van der Waals surface area contributed by atoms with Crippen molar-refractivity contribution in [1.82, 2.24) is 14.7 Å². The summed E-state index contributed by atoms with van der Waals surface area (Å²) in [6.07, 6.45) is 7.90. The Kier molecular flexibility index (Phi) is 3.54. The van der Waals surface area contributed by atoms with Gasteiger partial charge in [-0.25, -0.2) is 0 Å². The molecule has 1 unspecified atom stereocenters. The quantitative estimate of drug-likeness (QED) is 0.917. The van der Waals surface area contributed by atoms with Crippen molar-refractivity contribution in [2.75, 3.05) is 13.1 Å². The molecule has 0 bridgehead atoms. The minimum absolute atomic E-state index is 0.576. The van der Waals surface area contributed by atoms with E-state index in [0.29, 0.717) is 12.6 Å². The van der Waals surface area contributed by atoms with E-state index in [9.17, 15) is 9.90 Å². The number of carboxylic acid groups (broad SMARTS) is 1. The Morgan fingerprint density at radius 1 is 1.50 bits per heavy atom. The van der Waals surface area contributed by atoms with Gasteiger partial charge in [-0.1, -0.05) is 12.8 Å². The van der Waals surface area contributed by atoms with Gasteiger partial charge in [-0.15, -0.1) is 0 Å². The van der Waals surface area contributed by atoms with Gasteiger partial charge in [0.1, 0.15) is 0 Å². The summed E-state index contributed by atoms with van der Waals surface area (Å²) in [7, 11) is 0. The van der Waals surface area contributed by atoms with Crippen LogP contribution in [0.3, 0.4) is 0 Å². The van der Waals surface area contributed by atoms with Crippen molar-refractivity contribution in [1.29, 1.82) is 0 Å². The largest absolute Gasteiger partial charge is 0.481 e. The van der Waals surface area contributed by atoms with E-state index in [1.54, 1.807) is 0 Å². The molecule has 1 N–H and O–H groups in total. The molecule has 3 rings (SSSR count). The number of aromatic nitrogens is 2. The molecule has 2 aliphatic rings. The van der Waals surface area contributed by atoms with E-state index in [4.69, 9.17) is 0 Å². The number of nitrogens with zero attached hydrogens (tertiary/aromatic N) is 3. The van der Waals surface area contributed by atoms with Crippen LogP contribution in [0.1, 0.15) is 50.8 Å². The van der Waals surface area contributed by atoms with Crippen molar-refractivity contribution < 1.29 is 9.90 Å². The lowest BCUT2D eigenvalue weighted by Gasteiger charge is -2.19. The van der Waals surface area contributed by atoms with Gasteiger partial charge in [-0.3, -0.25) is 14.4 Å². The second kappa shape index (κ2) is 5.20. The van der Waals surface area contributed by atoms with E-state index in [1.807, 2.05) is 6.92 Å². The Morgan fingerprint density at radius 2 is 2.25 bits per heavy atom. The van der Waals surface area contributed by atoms with Crippen LogP contribution in [0.25, 0.3) is 0 Å². The van der Waals surface area contributed by atoms with Crippen LogP contribution in [0.15, 0.2) is 12.3 Å². The highest BCUT2D eigenvalue weighted by Gasteiger charge is 2.40. The molecule has 1 aromatic heterocycles. The summed E-state index contributed by atoms with van der Waals surface area (Å²) >= 11 is 0. The van der Waals surface area contributed by atoms with E-state index < -0.39 is 11.4 Å². The summed E-state index contributed by atoms with van der Waals surface area (Å²) in [5.74, 6) is -0.684. The van der Waals surface area contributed by atoms with Gasteiger partial charge in [0.25, 0.3) is 0 Å². The summed E-state index contributed by atoms with van der Waals surface area (Å²) in [5, 5.41) is 13.9. The van der Waals surface area contributed by atoms with E-state index in [2.05, 4.69) is 26.9 Å². The molecular formula is C15H23N3O2. The van der Waals surface area contributed by atoms with Gasteiger partial charge in [0.05, 0.1) is 17.2 Å². The van der Waals surface area contributed by atoms with Crippen molar-refractivity contribution in [3.05, 3.63) is 18.0 Å². The number of rotatable bonds is 4. The maximum absolute atomic E-state index is 11.3. The lowest BCUT2D eigenvalue weighted by Crippen LogP contribution is -2.31. The fourth-order valence-electron chi connectivity index (χ4n) is 3.43. The normalized spacial score (nSPS) is 28.2. The maximum Gasteiger partial charge on any atom is 0.310 e. The number of carboxylic acids is 1. The molecule has 20 heavy (non-hydrogen) atoms. The number of carbonyl (C=O) groups is 1. The Hall–Kier alpha value is -1.36. The van der Waals surface area contributed by atoms with Gasteiger partial charge >= 0.3 is 5.97 Å². The highest BCUT2D eigenvalue weighted by molar-refractivity contribution is 5.74. The smallest absolute Gasteiger partial charge is 0.310 e. The number of aliphatic carboxylic acids is 1. The molecule has 1 aliphatic carbocycles. The maximum atomic E-state index is 11.3. The van der Waals surface area contributed by atoms with E-state index >= 15 is 0 Å². The van der Waals surface area contributed by atoms with Crippen LogP contribution in [0.2, 0.25) is 0 Å². The molecule has 110 valence electrons. The predicted octanol–water partition coefficient (Wildman–Crippen LogP) is 2.29. The van der Waals surface area contributed by atoms with Gasteiger partial charge in [0, 0.05) is 19.3 Å². The molecular weight excluding hydrogens is 254 g/mol. The molecule has 1 saturated carbocycles.